The van der Waals surface area contributed by atoms with E-state index in [0.717, 1.165) is 12.2 Å². The van der Waals surface area contributed by atoms with Gasteiger partial charge in [0, 0.05) is 17.3 Å². The Morgan fingerprint density at radius 3 is 2.52 bits per heavy atom. The average molecular weight is 330 g/mol. The van der Waals surface area contributed by atoms with Crippen molar-refractivity contribution in [3.8, 4) is 0 Å². The zero-order valence-corrected chi connectivity index (χ0v) is 13.9. The van der Waals surface area contributed by atoms with Crippen molar-refractivity contribution in [1.29, 1.82) is 0 Å². The highest BCUT2D eigenvalue weighted by atomic mass is 16.1. The van der Waals surface area contributed by atoms with Crippen LogP contribution >= 0.6 is 0 Å². The molecule has 2 aromatic carbocycles. The number of hydrogen-bond acceptors (Lipinski definition) is 4. The molecule has 0 bridgehead atoms. The molecule has 0 spiro atoms. The third kappa shape index (κ3) is 2.96. The van der Waals surface area contributed by atoms with Crippen molar-refractivity contribution >= 4 is 23.2 Å². The second kappa shape index (κ2) is 6.36. The number of nitrogens with one attached hydrogen (secondary N) is 1. The molecule has 1 atom stereocenters. The number of aromatic nitrogens is 2. The molecule has 5 nitrogen and oxygen atoms in total. The van der Waals surface area contributed by atoms with Gasteiger partial charge in [0.25, 0.3) is 5.91 Å². The number of nitrogens with zero attached hydrogens (tertiary/aromatic N) is 3. The highest BCUT2D eigenvalue weighted by Crippen LogP contribution is 2.36. The van der Waals surface area contributed by atoms with Crippen LogP contribution in [0.15, 0.2) is 66.7 Å². The lowest BCUT2D eigenvalue weighted by atomic mass is 10.1. The molecule has 1 amide bonds. The number of carbonyl (C=O) groups excluding carboxylic acids is 1. The fourth-order valence-electron chi connectivity index (χ4n) is 3.21. The lowest BCUT2D eigenvalue weighted by Gasteiger charge is -2.23. The Balaban J connectivity index is 1.54. The molecule has 1 aromatic heterocycles. The summed E-state index contributed by atoms with van der Waals surface area (Å²) in [5.74, 6) is 1.04. The standard InChI is InChI=1S/C20H18N4O/c1-14-13-16-9-5-6-10-17(16)24(14)19-12-11-18(22-23-19)21-20(25)15-7-3-2-4-8-15/h2-12,14H,13H2,1H3,(H,21,22,25). The maximum absolute atomic E-state index is 12.2. The van der Waals surface area contributed by atoms with E-state index in [-0.39, 0.29) is 5.91 Å². The van der Waals surface area contributed by atoms with E-state index in [2.05, 4.69) is 45.5 Å². The van der Waals surface area contributed by atoms with Crippen molar-refractivity contribution < 1.29 is 4.79 Å². The molecule has 2 heterocycles. The van der Waals surface area contributed by atoms with Gasteiger partial charge < -0.3 is 10.2 Å². The number of anilines is 3. The molecule has 1 aliphatic rings. The topological polar surface area (TPSA) is 58.1 Å². The minimum Gasteiger partial charge on any atom is -0.321 e. The molecule has 1 N–H and O–H groups in total. The summed E-state index contributed by atoms with van der Waals surface area (Å²) in [6.07, 6.45) is 0.990. The van der Waals surface area contributed by atoms with Crippen molar-refractivity contribution in [2.45, 2.75) is 19.4 Å². The van der Waals surface area contributed by atoms with Crippen molar-refractivity contribution in [3.63, 3.8) is 0 Å². The third-order valence-electron chi connectivity index (χ3n) is 4.38. The molecule has 0 radical (unpaired) electrons. The molecule has 5 heteroatoms. The summed E-state index contributed by atoms with van der Waals surface area (Å²) < 4.78 is 0. The Morgan fingerprint density at radius 1 is 1.00 bits per heavy atom. The fourth-order valence-corrected chi connectivity index (χ4v) is 3.21. The number of amides is 1. The summed E-state index contributed by atoms with van der Waals surface area (Å²) in [5.41, 5.74) is 3.08. The molecule has 1 aliphatic heterocycles. The second-order valence-electron chi connectivity index (χ2n) is 6.15. The molecular weight excluding hydrogens is 312 g/mol. The van der Waals surface area contributed by atoms with Crippen LogP contribution < -0.4 is 10.2 Å². The third-order valence-corrected chi connectivity index (χ3v) is 4.38. The normalized spacial score (nSPS) is 15.7. The first-order valence-electron chi connectivity index (χ1n) is 8.29. The Hall–Kier alpha value is -3.21. The molecule has 124 valence electrons. The van der Waals surface area contributed by atoms with Gasteiger partial charge in [-0.3, -0.25) is 4.79 Å². The van der Waals surface area contributed by atoms with E-state index >= 15 is 0 Å². The van der Waals surface area contributed by atoms with E-state index in [1.807, 2.05) is 30.3 Å². The minimum atomic E-state index is -0.192. The van der Waals surface area contributed by atoms with Crippen LogP contribution in [0.4, 0.5) is 17.3 Å². The summed E-state index contributed by atoms with van der Waals surface area (Å²) in [4.78, 5) is 14.4. The fraction of sp³-hybridized carbons (Fsp3) is 0.150. The largest absolute Gasteiger partial charge is 0.321 e. The van der Waals surface area contributed by atoms with E-state index in [1.54, 1.807) is 18.2 Å². The van der Waals surface area contributed by atoms with E-state index in [4.69, 9.17) is 0 Å². The van der Waals surface area contributed by atoms with Crippen LogP contribution in [0.25, 0.3) is 0 Å². The number of fused-ring (bicyclic) bond motifs is 1. The molecular formula is C20H18N4O. The van der Waals surface area contributed by atoms with E-state index in [0.29, 0.717) is 17.4 Å². The van der Waals surface area contributed by atoms with Crippen LogP contribution in [-0.4, -0.2) is 22.1 Å². The molecule has 4 rings (SSSR count). The van der Waals surface area contributed by atoms with Crippen LogP contribution in [0.1, 0.15) is 22.8 Å². The zero-order valence-electron chi connectivity index (χ0n) is 13.9. The van der Waals surface area contributed by atoms with Gasteiger partial charge in [0.1, 0.15) is 0 Å². The van der Waals surface area contributed by atoms with Crippen molar-refractivity contribution in [2.75, 3.05) is 10.2 Å². The average Bonchev–Trinajstić information content (AvgIpc) is 2.99. The first-order chi connectivity index (χ1) is 12.2. The molecule has 1 unspecified atom stereocenters. The molecule has 25 heavy (non-hydrogen) atoms. The Bertz CT molecular complexity index is 893. The molecule has 0 aliphatic carbocycles. The van der Waals surface area contributed by atoms with Gasteiger partial charge in [-0.2, -0.15) is 0 Å². The van der Waals surface area contributed by atoms with Gasteiger partial charge in [-0.15, -0.1) is 10.2 Å². The van der Waals surface area contributed by atoms with Crippen LogP contribution in [0.3, 0.4) is 0 Å². The van der Waals surface area contributed by atoms with Gasteiger partial charge in [0.2, 0.25) is 0 Å². The maximum Gasteiger partial charge on any atom is 0.256 e. The van der Waals surface area contributed by atoms with Crippen molar-refractivity contribution in [1.82, 2.24) is 10.2 Å². The lowest BCUT2D eigenvalue weighted by Crippen LogP contribution is -2.25. The van der Waals surface area contributed by atoms with Gasteiger partial charge in [0.05, 0.1) is 0 Å². The second-order valence-corrected chi connectivity index (χ2v) is 6.15. The summed E-state index contributed by atoms with van der Waals surface area (Å²) in [7, 11) is 0. The first-order valence-corrected chi connectivity index (χ1v) is 8.29. The number of carbonyl (C=O) groups is 1. The number of rotatable bonds is 3. The molecule has 0 saturated heterocycles. The monoisotopic (exact) mass is 330 g/mol. The molecule has 0 saturated carbocycles. The number of hydrogen-bond donors (Lipinski definition) is 1. The highest BCUT2D eigenvalue weighted by Gasteiger charge is 2.27. The van der Waals surface area contributed by atoms with E-state index < -0.39 is 0 Å². The van der Waals surface area contributed by atoms with E-state index in [9.17, 15) is 4.79 Å². The predicted octanol–water partition coefficient (Wildman–Crippen LogP) is 3.81. The molecule has 3 aromatic rings. The van der Waals surface area contributed by atoms with Gasteiger partial charge in [-0.1, -0.05) is 36.4 Å². The summed E-state index contributed by atoms with van der Waals surface area (Å²) in [5, 5.41) is 11.3. The number of para-hydroxylation sites is 1. The van der Waals surface area contributed by atoms with Gasteiger partial charge in [-0.25, -0.2) is 0 Å². The number of benzene rings is 2. The van der Waals surface area contributed by atoms with Crippen LogP contribution in [0.2, 0.25) is 0 Å². The van der Waals surface area contributed by atoms with Crippen molar-refractivity contribution in [2.24, 2.45) is 0 Å². The summed E-state index contributed by atoms with van der Waals surface area (Å²) in [6.45, 7) is 2.17. The minimum absolute atomic E-state index is 0.192. The lowest BCUT2D eigenvalue weighted by molar-refractivity contribution is 0.102. The summed E-state index contributed by atoms with van der Waals surface area (Å²) in [6, 6.07) is 21.4. The Labute approximate surface area is 146 Å². The smallest absolute Gasteiger partial charge is 0.256 e. The highest BCUT2D eigenvalue weighted by molar-refractivity contribution is 6.03. The van der Waals surface area contributed by atoms with Gasteiger partial charge in [-0.05, 0) is 49.2 Å². The first kappa shape index (κ1) is 15.3. The van der Waals surface area contributed by atoms with Crippen LogP contribution in [0.5, 0.6) is 0 Å². The predicted molar refractivity (Wildman–Crippen MR) is 98.2 cm³/mol. The Kier molecular flexibility index (Phi) is 3.90. The van der Waals surface area contributed by atoms with Crippen molar-refractivity contribution in [3.05, 3.63) is 77.9 Å². The van der Waals surface area contributed by atoms with Gasteiger partial charge >= 0.3 is 0 Å². The van der Waals surface area contributed by atoms with Gasteiger partial charge in [0.15, 0.2) is 11.6 Å². The van der Waals surface area contributed by atoms with Crippen LogP contribution in [-0.2, 0) is 6.42 Å². The maximum atomic E-state index is 12.2. The van der Waals surface area contributed by atoms with E-state index in [1.165, 1.54) is 11.3 Å². The zero-order chi connectivity index (χ0) is 17.2. The Morgan fingerprint density at radius 2 is 1.76 bits per heavy atom. The SMILES string of the molecule is CC1Cc2ccccc2N1c1ccc(NC(=O)c2ccccc2)nn1. The summed E-state index contributed by atoms with van der Waals surface area (Å²) >= 11 is 0. The van der Waals surface area contributed by atoms with Crippen LogP contribution in [0, 0.1) is 0 Å². The molecule has 0 fully saturated rings. The quantitative estimate of drug-likeness (QED) is 0.793.